The van der Waals surface area contributed by atoms with Gasteiger partial charge in [-0.1, -0.05) is 24.3 Å². The molecule has 0 bridgehead atoms. The summed E-state index contributed by atoms with van der Waals surface area (Å²) in [6, 6.07) is 10.4. The number of nitrogens with one attached hydrogen (secondary N) is 1. The molecule has 0 spiro atoms. The van der Waals surface area contributed by atoms with E-state index in [4.69, 9.17) is 4.74 Å². The summed E-state index contributed by atoms with van der Waals surface area (Å²) in [4.78, 5) is 4.16. The molecule has 0 radical (unpaired) electrons. The molecule has 0 aliphatic carbocycles. The van der Waals surface area contributed by atoms with Crippen LogP contribution in [-0.4, -0.2) is 12.0 Å². The van der Waals surface area contributed by atoms with E-state index in [-0.39, 0.29) is 12.4 Å². The molecule has 1 aromatic heterocycles. The zero-order valence-corrected chi connectivity index (χ0v) is 10.2. The van der Waals surface area contributed by atoms with Crippen molar-refractivity contribution in [3.8, 4) is 5.88 Å². The second-order valence-electron chi connectivity index (χ2n) is 3.88. The molecule has 1 heterocycles. The van der Waals surface area contributed by atoms with Crippen LogP contribution < -0.4 is 10.1 Å². The van der Waals surface area contributed by atoms with E-state index in [9.17, 15) is 4.39 Å². The normalized spacial score (nSPS) is 10.3. The summed E-state index contributed by atoms with van der Waals surface area (Å²) in [5.74, 6) is 0.277. The molecular weight excluding hydrogens is 231 g/mol. The van der Waals surface area contributed by atoms with Crippen molar-refractivity contribution in [2.75, 3.05) is 7.05 Å². The minimum atomic E-state index is -0.261. The lowest BCUT2D eigenvalue weighted by molar-refractivity contribution is 0.284. The van der Waals surface area contributed by atoms with Gasteiger partial charge in [0.1, 0.15) is 12.4 Å². The Morgan fingerprint density at radius 3 is 2.72 bits per heavy atom. The van der Waals surface area contributed by atoms with Crippen molar-refractivity contribution in [1.29, 1.82) is 0 Å². The van der Waals surface area contributed by atoms with Crippen LogP contribution in [0.25, 0.3) is 0 Å². The molecule has 0 amide bonds. The fourth-order valence-electron chi connectivity index (χ4n) is 1.64. The van der Waals surface area contributed by atoms with E-state index in [1.807, 2.05) is 19.2 Å². The maximum absolute atomic E-state index is 13.4. The van der Waals surface area contributed by atoms with Gasteiger partial charge >= 0.3 is 0 Å². The van der Waals surface area contributed by atoms with Gasteiger partial charge in [0.2, 0.25) is 5.88 Å². The molecule has 3 nitrogen and oxygen atoms in total. The molecule has 1 N–H and O–H groups in total. The fourth-order valence-corrected chi connectivity index (χ4v) is 1.64. The molecule has 4 heteroatoms. The first-order valence-corrected chi connectivity index (χ1v) is 5.76. The standard InChI is InChI=1S/C14H15FN2O/c1-16-9-11-6-4-8-17-14(11)18-10-12-5-2-3-7-13(12)15/h2-8,16H,9-10H2,1H3. The number of ether oxygens (including phenoxy) is 1. The third-order valence-electron chi connectivity index (χ3n) is 2.54. The van der Waals surface area contributed by atoms with E-state index in [1.54, 1.807) is 24.4 Å². The minimum Gasteiger partial charge on any atom is -0.472 e. The number of halogens is 1. The number of rotatable bonds is 5. The zero-order chi connectivity index (χ0) is 12.8. The smallest absolute Gasteiger partial charge is 0.218 e. The van der Waals surface area contributed by atoms with Crippen molar-refractivity contribution >= 4 is 0 Å². The molecule has 0 atom stereocenters. The molecular formula is C14H15FN2O. The van der Waals surface area contributed by atoms with Gasteiger partial charge in [-0.3, -0.25) is 0 Å². The maximum atomic E-state index is 13.4. The van der Waals surface area contributed by atoms with Gasteiger partial charge in [-0.2, -0.15) is 0 Å². The van der Waals surface area contributed by atoms with Crippen LogP contribution in [0, 0.1) is 5.82 Å². The van der Waals surface area contributed by atoms with Gasteiger partial charge < -0.3 is 10.1 Å². The third kappa shape index (κ3) is 3.05. The molecule has 0 aliphatic rings. The lowest BCUT2D eigenvalue weighted by Gasteiger charge is -2.10. The number of pyridine rings is 1. The number of hydrogen-bond donors (Lipinski definition) is 1. The lowest BCUT2D eigenvalue weighted by Crippen LogP contribution is -2.08. The monoisotopic (exact) mass is 246 g/mol. The summed E-state index contributed by atoms with van der Waals surface area (Å²) >= 11 is 0. The van der Waals surface area contributed by atoms with Crippen LogP contribution in [0.5, 0.6) is 5.88 Å². The Morgan fingerprint density at radius 1 is 1.17 bits per heavy atom. The van der Waals surface area contributed by atoms with Crippen LogP contribution in [0.4, 0.5) is 4.39 Å². The molecule has 0 saturated heterocycles. The van der Waals surface area contributed by atoms with Crippen LogP contribution in [0.3, 0.4) is 0 Å². The highest BCUT2D eigenvalue weighted by Crippen LogP contribution is 2.16. The Hall–Kier alpha value is -1.94. The van der Waals surface area contributed by atoms with Crippen molar-refractivity contribution in [2.24, 2.45) is 0 Å². The molecule has 0 saturated carbocycles. The van der Waals surface area contributed by atoms with E-state index in [0.29, 0.717) is 18.0 Å². The Bertz CT molecular complexity index is 517. The number of hydrogen-bond acceptors (Lipinski definition) is 3. The van der Waals surface area contributed by atoms with E-state index in [2.05, 4.69) is 10.3 Å². The van der Waals surface area contributed by atoms with E-state index >= 15 is 0 Å². The first kappa shape index (κ1) is 12.5. The Morgan fingerprint density at radius 2 is 1.94 bits per heavy atom. The topological polar surface area (TPSA) is 34.2 Å². The third-order valence-corrected chi connectivity index (χ3v) is 2.54. The molecule has 18 heavy (non-hydrogen) atoms. The van der Waals surface area contributed by atoms with Gasteiger partial charge in [0.25, 0.3) is 0 Å². The average molecular weight is 246 g/mol. The summed E-state index contributed by atoms with van der Waals surface area (Å²) in [5, 5.41) is 3.04. The lowest BCUT2D eigenvalue weighted by atomic mass is 10.2. The largest absolute Gasteiger partial charge is 0.472 e. The predicted octanol–water partition coefficient (Wildman–Crippen LogP) is 2.52. The van der Waals surface area contributed by atoms with E-state index in [1.165, 1.54) is 6.07 Å². The second-order valence-corrected chi connectivity index (χ2v) is 3.88. The molecule has 2 aromatic rings. The molecule has 2 rings (SSSR count). The predicted molar refractivity (Wildman–Crippen MR) is 67.7 cm³/mol. The van der Waals surface area contributed by atoms with E-state index < -0.39 is 0 Å². The number of nitrogens with zero attached hydrogens (tertiary/aromatic N) is 1. The van der Waals surface area contributed by atoms with E-state index in [0.717, 1.165) is 5.56 Å². The molecule has 1 aromatic carbocycles. The quantitative estimate of drug-likeness (QED) is 0.880. The summed E-state index contributed by atoms with van der Waals surface area (Å²) in [6.07, 6.45) is 1.66. The SMILES string of the molecule is CNCc1cccnc1OCc1ccccc1F. The zero-order valence-electron chi connectivity index (χ0n) is 10.2. The second kappa shape index (κ2) is 6.12. The Kier molecular flexibility index (Phi) is 4.25. The van der Waals surface area contributed by atoms with Crippen molar-refractivity contribution in [2.45, 2.75) is 13.2 Å². The molecule has 0 unspecified atom stereocenters. The van der Waals surface area contributed by atoms with Gasteiger partial charge in [-0.15, -0.1) is 0 Å². The number of benzene rings is 1. The highest BCUT2D eigenvalue weighted by molar-refractivity contribution is 5.26. The van der Waals surface area contributed by atoms with Gasteiger partial charge in [0.15, 0.2) is 0 Å². The van der Waals surface area contributed by atoms with Crippen LogP contribution in [0.1, 0.15) is 11.1 Å². The summed E-state index contributed by atoms with van der Waals surface area (Å²) in [5.41, 5.74) is 1.48. The van der Waals surface area contributed by atoms with Crippen molar-refractivity contribution in [3.63, 3.8) is 0 Å². The van der Waals surface area contributed by atoms with Gasteiger partial charge in [0.05, 0.1) is 0 Å². The fraction of sp³-hybridized carbons (Fsp3) is 0.214. The average Bonchev–Trinajstić information content (AvgIpc) is 2.40. The van der Waals surface area contributed by atoms with Crippen molar-refractivity contribution < 1.29 is 9.13 Å². The number of aromatic nitrogens is 1. The van der Waals surface area contributed by atoms with Crippen LogP contribution in [0.2, 0.25) is 0 Å². The van der Waals surface area contributed by atoms with Crippen molar-refractivity contribution in [1.82, 2.24) is 10.3 Å². The Labute approximate surface area is 106 Å². The van der Waals surface area contributed by atoms with Crippen LogP contribution in [-0.2, 0) is 13.2 Å². The highest BCUT2D eigenvalue weighted by atomic mass is 19.1. The summed E-state index contributed by atoms with van der Waals surface area (Å²) in [6.45, 7) is 0.848. The maximum Gasteiger partial charge on any atom is 0.218 e. The first-order chi connectivity index (χ1) is 8.81. The summed E-state index contributed by atoms with van der Waals surface area (Å²) < 4.78 is 19.0. The molecule has 0 fully saturated rings. The van der Waals surface area contributed by atoms with Crippen LogP contribution >= 0.6 is 0 Å². The molecule has 0 aliphatic heterocycles. The van der Waals surface area contributed by atoms with Crippen LogP contribution in [0.15, 0.2) is 42.6 Å². The summed E-state index contributed by atoms with van der Waals surface area (Å²) in [7, 11) is 1.85. The van der Waals surface area contributed by atoms with Gasteiger partial charge in [0, 0.05) is 23.9 Å². The van der Waals surface area contributed by atoms with Crippen molar-refractivity contribution in [3.05, 3.63) is 59.5 Å². The van der Waals surface area contributed by atoms with Gasteiger partial charge in [-0.25, -0.2) is 9.37 Å². The highest BCUT2D eigenvalue weighted by Gasteiger charge is 2.06. The first-order valence-electron chi connectivity index (χ1n) is 5.76. The minimum absolute atomic E-state index is 0.181. The Balaban J connectivity index is 2.08. The van der Waals surface area contributed by atoms with Gasteiger partial charge in [-0.05, 0) is 19.2 Å². The molecule has 94 valence electrons.